The van der Waals surface area contributed by atoms with Gasteiger partial charge in [-0.25, -0.2) is 4.68 Å². The van der Waals surface area contributed by atoms with Crippen LogP contribution in [-0.2, 0) is 23.2 Å². The van der Waals surface area contributed by atoms with E-state index in [4.69, 9.17) is 0 Å². The number of halogens is 1. The van der Waals surface area contributed by atoms with E-state index in [2.05, 4.69) is 60.6 Å². The number of nitrogens with one attached hydrogen (secondary N) is 2. The molecule has 49 heavy (non-hydrogen) atoms. The Bertz CT molecular complexity index is 1870. The van der Waals surface area contributed by atoms with Crippen molar-refractivity contribution in [2.24, 2.45) is 7.05 Å². The number of imide groups is 1. The Hall–Kier alpha value is -4.56. The predicted molar refractivity (Wildman–Crippen MR) is 186 cm³/mol. The van der Waals surface area contributed by atoms with E-state index in [1.807, 2.05) is 35.2 Å². The van der Waals surface area contributed by atoms with Crippen molar-refractivity contribution in [3.8, 4) is 0 Å². The zero-order valence-electron chi connectivity index (χ0n) is 27.5. The molecule has 14 heteroatoms. The number of nitrogens with zero attached hydrogens (tertiary/aromatic N) is 6. The Kier molecular flexibility index (Phi) is 9.01. The van der Waals surface area contributed by atoms with E-state index >= 15 is 0 Å². The Labute approximate surface area is 292 Å². The molecule has 3 atom stereocenters. The van der Waals surface area contributed by atoms with Gasteiger partial charge in [-0.1, -0.05) is 12.1 Å². The van der Waals surface area contributed by atoms with Gasteiger partial charge >= 0.3 is 0 Å². The van der Waals surface area contributed by atoms with Crippen molar-refractivity contribution in [1.82, 2.24) is 29.8 Å². The summed E-state index contributed by atoms with van der Waals surface area (Å²) in [5.41, 5.74) is 4.78. The van der Waals surface area contributed by atoms with Crippen molar-refractivity contribution in [2.45, 2.75) is 43.8 Å². The summed E-state index contributed by atoms with van der Waals surface area (Å²) in [6, 6.07) is 13.2. The molecule has 13 nitrogen and oxygen atoms in total. The molecule has 5 heterocycles. The largest absolute Gasteiger partial charge is 0.379 e. The summed E-state index contributed by atoms with van der Waals surface area (Å²) in [5.74, 6) is -0.629. The maximum absolute atomic E-state index is 13.5. The molecule has 2 aromatic carbocycles. The van der Waals surface area contributed by atoms with Gasteiger partial charge in [0.1, 0.15) is 10.5 Å². The fraction of sp³-hybridized carbons (Fsp3) is 0.429. The minimum absolute atomic E-state index is 0.00828. The number of likely N-dealkylation sites (tertiary alicyclic amines) is 1. The molecular formula is C35H39BrN8O5. The van der Waals surface area contributed by atoms with E-state index in [-0.39, 0.29) is 41.7 Å². The molecule has 256 valence electrons. The number of carbonyl (C=O) groups excluding carboxylic acids is 4. The van der Waals surface area contributed by atoms with Crippen molar-refractivity contribution >= 4 is 50.9 Å². The predicted octanol–water partition coefficient (Wildman–Crippen LogP) is 2.17. The molecule has 1 aromatic heterocycles. The van der Waals surface area contributed by atoms with Crippen LogP contribution in [0.1, 0.15) is 57.0 Å². The Balaban J connectivity index is 0.946. The maximum atomic E-state index is 13.5. The zero-order chi connectivity index (χ0) is 34.4. The van der Waals surface area contributed by atoms with Crippen LogP contribution >= 0.6 is 15.9 Å². The number of likely N-dealkylation sites (N-methyl/N-ethyl adjacent to an activating group) is 1. The van der Waals surface area contributed by atoms with E-state index in [0.717, 1.165) is 30.8 Å². The van der Waals surface area contributed by atoms with Crippen LogP contribution in [0.4, 0.5) is 11.4 Å². The Morgan fingerprint density at radius 3 is 2.47 bits per heavy atom. The summed E-state index contributed by atoms with van der Waals surface area (Å²) in [6.45, 7) is 4.55. The quantitative estimate of drug-likeness (QED) is 0.366. The maximum Gasteiger partial charge on any atom is 0.282 e. The SMILES string of the molecule is CN1C[C@H](Nc2cnn(C)c(=O)c2Br)C[C@H](c2ccc(C(=O)N3CCN(c4ccc5c(c4)CN(C4CCC(=O)NC4=O)C5=O)CC3)cc2)C1. The summed E-state index contributed by atoms with van der Waals surface area (Å²) in [4.78, 5) is 70.8. The molecule has 3 saturated heterocycles. The molecule has 0 aliphatic carbocycles. The van der Waals surface area contributed by atoms with Gasteiger partial charge in [0.15, 0.2) is 0 Å². The third-order valence-corrected chi connectivity index (χ3v) is 10.9. The lowest BCUT2D eigenvalue weighted by atomic mass is 9.87. The lowest BCUT2D eigenvalue weighted by Gasteiger charge is -2.37. The molecule has 3 aromatic rings. The number of carbonyl (C=O) groups is 4. The molecule has 2 N–H and O–H groups in total. The normalized spacial score (nSPS) is 23.0. The highest BCUT2D eigenvalue weighted by molar-refractivity contribution is 9.10. The third-order valence-electron chi connectivity index (χ3n) is 10.1. The number of rotatable bonds is 6. The molecule has 4 aliphatic heterocycles. The van der Waals surface area contributed by atoms with Crippen molar-refractivity contribution in [3.05, 3.63) is 85.7 Å². The average molecular weight is 732 g/mol. The second kappa shape index (κ2) is 13.4. The minimum atomic E-state index is -0.638. The summed E-state index contributed by atoms with van der Waals surface area (Å²) in [6.07, 6.45) is 3.11. The van der Waals surface area contributed by atoms with Gasteiger partial charge in [0.2, 0.25) is 11.8 Å². The summed E-state index contributed by atoms with van der Waals surface area (Å²) < 4.78 is 1.77. The topological polar surface area (TPSA) is 140 Å². The lowest BCUT2D eigenvalue weighted by molar-refractivity contribution is -0.136. The fourth-order valence-electron chi connectivity index (χ4n) is 7.50. The van der Waals surface area contributed by atoms with Crippen LogP contribution in [0, 0.1) is 0 Å². The molecule has 7 rings (SSSR count). The highest BCUT2D eigenvalue weighted by Crippen LogP contribution is 2.32. The highest BCUT2D eigenvalue weighted by atomic mass is 79.9. The van der Waals surface area contributed by atoms with Crippen molar-refractivity contribution in [1.29, 1.82) is 0 Å². The van der Waals surface area contributed by atoms with Gasteiger partial charge in [-0.15, -0.1) is 0 Å². The van der Waals surface area contributed by atoms with Crippen LogP contribution in [0.3, 0.4) is 0 Å². The lowest BCUT2D eigenvalue weighted by Crippen LogP contribution is -2.52. The molecule has 0 radical (unpaired) electrons. The van der Waals surface area contributed by atoms with Crippen LogP contribution in [0.15, 0.2) is 57.9 Å². The van der Waals surface area contributed by atoms with Gasteiger partial charge in [0.05, 0.1) is 11.9 Å². The molecule has 1 unspecified atom stereocenters. The molecule has 4 aliphatic rings. The smallest absolute Gasteiger partial charge is 0.282 e. The van der Waals surface area contributed by atoms with E-state index in [1.165, 1.54) is 10.2 Å². The Morgan fingerprint density at radius 2 is 1.73 bits per heavy atom. The first-order valence-corrected chi connectivity index (χ1v) is 17.4. The second-order valence-electron chi connectivity index (χ2n) is 13.4. The number of hydrogen-bond acceptors (Lipinski definition) is 9. The van der Waals surface area contributed by atoms with Crippen LogP contribution in [-0.4, -0.2) is 107 Å². The highest BCUT2D eigenvalue weighted by Gasteiger charge is 2.39. The van der Waals surface area contributed by atoms with Gasteiger partial charge in [-0.3, -0.25) is 29.3 Å². The third kappa shape index (κ3) is 6.58. The number of benzene rings is 2. The molecule has 3 fully saturated rings. The number of fused-ring (bicyclic) bond motifs is 1. The first-order chi connectivity index (χ1) is 23.5. The van der Waals surface area contributed by atoms with E-state index < -0.39 is 11.9 Å². The summed E-state index contributed by atoms with van der Waals surface area (Å²) >= 11 is 3.41. The fourth-order valence-corrected chi connectivity index (χ4v) is 7.98. The molecule has 0 spiro atoms. The summed E-state index contributed by atoms with van der Waals surface area (Å²) in [7, 11) is 3.71. The van der Waals surface area contributed by atoms with E-state index in [9.17, 15) is 24.0 Å². The molecular weight excluding hydrogens is 692 g/mol. The van der Waals surface area contributed by atoms with Crippen LogP contribution in [0.25, 0.3) is 0 Å². The van der Waals surface area contributed by atoms with Crippen molar-refractivity contribution in [3.63, 3.8) is 0 Å². The van der Waals surface area contributed by atoms with Crippen molar-refractivity contribution < 1.29 is 19.2 Å². The summed E-state index contributed by atoms with van der Waals surface area (Å²) in [5, 5.41) is 9.99. The minimum Gasteiger partial charge on any atom is -0.379 e. The first kappa shape index (κ1) is 33.0. The number of aryl methyl sites for hydroxylation is 1. The Morgan fingerprint density at radius 1 is 0.980 bits per heavy atom. The van der Waals surface area contributed by atoms with Crippen LogP contribution in [0.5, 0.6) is 0 Å². The van der Waals surface area contributed by atoms with Crippen LogP contribution < -0.4 is 21.1 Å². The van der Waals surface area contributed by atoms with Gasteiger partial charge in [0, 0.05) is 82.1 Å². The average Bonchev–Trinajstić information content (AvgIpc) is 3.43. The van der Waals surface area contributed by atoms with Gasteiger partial charge in [-0.05, 0) is 83.2 Å². The van der Waals surface area contributed by atoms with Gasteiger partial charge < -0.3 is 24.9 Å². The number of piperazine rings is 1. The van der Waals surface area contributed by atoms with E-state index in [1.54, 1.807) is 18.1 Å². The van der Waals surface area contributed by atoms with Gasteiger partial charge in [-0.2, -0.15) is 5.10 Å². The monoisotopic (exact) mass is 730 g/mol. The second-order valence-corrected chi connectivity index (χ2v) is 14.2. The molecule has 4 amide bonds. The van der Waals surface area contributed by atoms with E-state index in [0.29, 0.717) is 60.4 Å². The number of piperidine rings is 2. The number of aromatic nitrogens is 2. The zero-order valence-corrected chi connectivity index (χ0v) is 29.1. The molecule has 0 bridgehead atoms. The number of amides is 4. The number of hydrogen-bond donors (Lipinski definition) is 2. The number of anilines is 2. The van der Waals surface area contributed by atoms with Crippen LogP contribution in [0.2, 0.25) is 0 Å². The van der Waals surface area contributed by atoms with Gasteiger partial charge in [0.25, 0.3) is 17.4 Å². The van der Waals surface area contributed by atoms with Crippen molar-refractivity contribution in [2.75, 3.05) is 56.5 Å². The standard InChI is InChI=1S/C35H39BrN8O5/c1-40-18-23(15-25(20-40)38-28-17-37-41(2)35(49)31(28)36)21-3-5-22(6-4-21)33(47)43-13-11-42(12-14-43)26-7-8-27-24(16-26)19-44(34(27)48)29-9-10-30(45)39-32(29)46/h3-8,16-17,23,25,29,38H,9-15,18-20H2,1-2H3,(H,39,45,46)/t23-,25+,29?/m0/s1. The molecule has 0 saturated carbocycles. The first-order valence-electron chi connectivity index (χ1n) is 16.6.